The van der Waals surface area contributed by atoms with Gasteiger partial charge in [-0.1, -0.05) is 15.9 Å². The molecule has 1 aliphatic heterocycles. The van der Waals surface area contributed by atoms with Gasteiger partial charge in [0.25, 0.3) is 0 Å². The summed E-state index contributed by atoms with van der Waals surface area (Å²) in [6.07, 6.45) is 3.70. The van der Waals surface area contributed by atoms with Crippen LogP contribution in [0.4, 0.5) is 5.69 Å². The van der Waals surface area contributed by atoms with Crippen molar-refractivity contribution in [3.05, 3.63) is 58.3 Å². The van der Waals surface area contributed by atoms with Crippen molar-refractivity contribution in [1.29, 1.82) is 0 Å². The first-order valence-electron chi connectivity index (χ1n) is 8.61. The van der Waals surface area contributed by atoms with E-state index < -0.39 is 0 Å². The maximum absolute atomic E-state index is 12.9. The van der Waals surface area contributed by atoms with E-state index in [1.54, 1.807) is 29.2 Å². The molecule has 0 N–H and O–H groups in total. The van der Waals surface area contributed by atoms with Crippen LogP contribution in [0.15, 0.2) is 47.2 Å². The highest BCUT2D eigenvalue weighted by molar-refractivity contribution is 9.10. The predicted molar refractivity (Wildman–Crippen MR) is 105 cm³/mol. The lowest BCUT2D eigenvalue weighted by Gasteiger charge is -2.27. The van der Waals surface area contributed by atoms with Crippen molar-refractivity contribution < 1.29 is 9.59 Å². The number of aryl methyl sites for hydroxylation is 1. The molecular weight excluding hydrogens is 394 g/mol. The molecule has 2 amide bonds. The van der Waals surface area contributed by atoms with E-state index in [1.807, 2.05) is 44.2 Å². The minimum Gasteiger partial charge on any atom is -0.339 e. The Balaban J connectivity index is 1.73. The summed E-state index contributed by atoms with van der Waals surface area (Å²) < 4.78 is 1.01. The normalized spacial score (nSPS) is 18.1. The van der Waals surface area contributed by atoms with Gasteiger partial charge < -0.3 is 9.80 Å². The molecule has 2 heterocycles. The lowest BCUT2D eigenvalue weighted by atomic mass is 10.0. The first kappa shape index (κ1) is 18.6. The fourth-order valence-electron chi connectivity index (χ4n) is 3.26. The highest BCUT2D eigenvalue weighted by Gasteiger charge is 2.37. The number of hydrogen-bond acceptors (Lipinski definition) is 3. The predicted octanol–water partition coefficient (Wildman–Crippen LogP) is 3.73. The van der Waals surface area contributed by atoms with Gasteiger partial charge in [-0.15, -0.1) is 0 Å². The first-order chi connectivity index (χ1) is 12.4. The summed E-state index contributed by atoms with van der Waals surface area (Å²) in [6, 6.07) is 9.56. The van der Waals surface area contributed by atoms with Crippen LogP contribution in [0, 0.1) is 12.8 Å². The summed E-state index contributed by atoms with van der Waals surface area (Å²) >= 11 is 3.48. The lowest BCUT2D eigenvalue weighted by molar-refractivity contribution is -0.136. The number of carbonyl (C=O) groups excluding carboxylic acids is 2. The van der Waals surface area contributed by atoms with Gasteiger partial charge in [-0.25, -0.2) is 0 Å². The second kappa shape index (κ2) is 7.58. The minimum absolute atomic E-state index is 0.000930. The van der Waals surface area contributed by atoms with Crippen molar-refractivity contribution in [2.45, 2.75) is 26.3 Å². The third-order valence-corrected chi connectivity index (χ3v) is 5.93. The van der Waals surface area contributed by atoms with Gasteiger partial charge in [0.2, 0.25) is 11.8 Å². The van der Waals surface area contributed by atoms with Crippen molar-refractivity contribution in [2.24, 2.45) is 5.92 Å². The lowest BCUT2D eigenvalue weighted by Crippen LogP contribution is -2.36. The molecule has 136 valence electrons. The number of pyridine rings is 1. The van der Waals surface area contributed by atoms with E-state index in [9.17, 15) is 9.59 Å². The molecule has 2 unspecified atom stereocenters. The van der Waals surface area contributed by atoms with E-state index in [0.29, 0.717) is 6.54 Å². The molecule has 1 fully saturated rings. The Morgan fingerprint density at radius 2 is 2.00 bits per heavy atom. The largest absolute Gasteiger partial charge is 0.339 e. The van der Waals surface area contributed by atoms with Crippen molar-refractivity contribution in [3.63, 3.8) is 0 Å². The van der Waals surface area contributed by atoms with Crippen LogP contribution in [-0.4, -0.2) is 35.3 Å². The number of anilines is 1. The number of rotatable bonds is 4. The summed E-state index contributed by atoms with van der Waals surface area (Å²) in [5.74, 6) is -0.324. The van der Waals surface area contributed by atoms with E-state index in [4.69, 9.17) is 0 Å². The van der Waals surface area contributed by atoms with Crippen molar-refractivity contribution >= 4 is 33.4 Å². The summed E-state index contributed by atoms with van der Waals surface area (Å²) in [5.41, 5.74) is 2.94. The Hall–Kier alpha value is -2.21. The number of carbonyl (C=O) groups is 2. The summed E-state index contributed by atoms with van der Waals surface area (Å²) in [7, 11) is 1.80. The molecule has 1 saturated heterocycles. The van der Waals surface area contributed by atoms with Crippen molar-refractivity contribution in [1.82, 2.24) is 9.88 Å². The van der Waals surface area contributed by atoms with Crippen molar-refractivity contribution in [2.75, 3.05) is 18.5 Å². The molecule has 0 aliphatic carbocycles. The number of amides is 2. The monoisotopic (exact) mass is 415 g/mol. The molecule has 1 aromatic heterocycles. The van der Waals surface area contributed by atoms with Gasteiger partial charge >= 0.3 is 0 Å². The van der Waals surface area contributed by atoms with Crippen molar-refractivity contribution in [3.8, 4) is 0 Å². The Bertz CT molecular complexity index is 825. The van der Waals surface area contributed by atoms with Crippen LogP contribution in [0.5, 0.6) is 0 Å². The second-order valence-corrected chi connectivity index (χ2v) is 7.60. The molecule has 0 spiro atoms. The van der Waals surface area contributed by atoms with Gasteiger partial charge in [0.15, 0.2) is 0 Å². The second-order valence-electron chi connectivity index (χ2n) is 6.74. The maximum atomic E-state index is 12.9. The molecule has 2 aromatic rings. The van der Waals surface area contributed by atoms with Crippen LogP contribution < -0.4 is 4.90 Å². The van der Waals surface area contributed by atoms with Gasteiger partial charge in [0, 0.05) is 42.6 Å². The summed E-state index contributed by atoms with van der Waals surface area (Å²) in [5, 5.41) is 0. The Morgan fingerprint density at radius 3 is 2.65 bits per heavy atom. The van der Waals surface area contributed by atoms with Crippen LogP contribution >= 0.6 is 15.9 Å². The number of aromatic nitrogens is 1. The average molecular weight is 416 g/mol. The third-order valence-electron chi connectivity index (χ3n) is 5.04. The smallest absolute Gasteiger partial charge is 0.228 e. The topological polar surface area (TPSA) is 53.5 Å². The molecule has 1 aliphatic rings. The van der Waals surface area contributed by atoms with Gasteiger partial charge in [-0.2, -0.15) is 0 Å². The van der Waals surface area contributed by atoms with Crippen LogP contribution in [0.1, 0.15) is 30.5 Å². The third kappa shape index (κ3) is 3.65. The average Bonchev–Trinajstić information content (AvgIpc) is 3.04. The molecule has 0 bridgehead atoms. The van der Waals surface area contributed by atoms with E-state index in [-0.39, 0.29) is 30.2 Å². The van der Waals surface area contributed by atoms with Crippen LogP contribution in [0.2, 0.25) is 0 Å². The van der Waals surface area contributed by atoms with Gasteiger partial charge in [-0.05, 0) is 55.3 Å². The molecule has 0 saturated carbocycles. The van der Waals surface area contributed by atoms with Crippen LogP contribution in [-0.2, 0) is 9.59 Å². The molecule has 2 atom stereocenters. The summed E-state index contributed by atoms with van der Waals surface area (Å²) in [4.78, 5) is 32.9. The zero-order valence-electron chi connectivity index (χ0n) is 15.1. The number of nitrogens with zero attached hydrogens (tertiary/aromatic N) is 3. The highest BCUT2D eigenvalue weighted by Crippen LogP contribution is 2.30. The molecule has 0 radical (unpaired) electrons. The fraction of sp³-hybridized carbons (Fsp3) is 0.350. The summed E-state index contributed by atoms with van der Waals surface area (Å²) in [6.45, 7) is 4.40. The highest BCUT2D eigenvalue weighted by atomic mass is 79.9. The number of benzene rings is 1. The minimum atomic E-state index is -0.319. The Kier molecular flexibility index (Phi) is 5.41. The van der Waals surface area contributed by atoms with E-state index in [0.717, 1.165) is 21.3 Å². The van der Waals surface area contributed by atoms with Gasteiger partial charge in [0.1, 0.15) is 0 Å². The number of hydrogen-bond donors (Lipinski definition) is 0. The molecular formula is C20H22BrN3O2. The molecule has 26 heavy (non-hydrogen) atoms. The number of halogens is 1. The standard InChI is InChI=1S/C20H22BrN3O2/c1-13-10-17(4-5-18(13)21)24-12-16(11-19(24)25)20(26)23(3)14(2)15-6-8-22-9-7-15/h4-10,14,16H,11-12H2,1-3H3. The quantitative estimate of drug-likeness (QED) is 0.764. The zero-order valence-corrected chi connectivity index (χ0v) is 16.7. The molecule has 3 rings (SSSR count). The Labute approximate surface area is 162 Å². The maximum Gasteiger partial charge on any atom is 0.228 e. The van der Waals surface area contributed by atoms with E-state index in [1.165, 1.54) is 0 Å². The Morgan fingerprint density at radius 1 is 1.31 bits per heavy atom. The zero-order chi connectivity index (χ0) is 18.8. The van der Waals surface area contributed by atoms with E-state index >= 15 is 0 Å². The van der Waals surface area contributed by atoms with Crippen LogP contribution in [0.3, 0.4) is 0 Å². The van der Waals surface area contributed by atoms with E-state index in [2.05, 4.69) is 20.9 Å². The molecule has 1 aromatic carbocycles. The molecule has 5 nitrogen and oxygen atoms in total. The molecule has 6 heteroatoms. The fourth-order valence-corrected chi connectivity index (χ4v) is 3.51. The first-order valence-corrected chi connectivity index (χ1v) is 9.41. The van der Waals surface area contributed by atoms with Crippen LogP contribution in [0.25, 0.3) is 0 Å². The van der Waals surface area contributed by atoms with Gasteiger partial charge in [0.05, 0.1) is 12.0 Å². The van der Waals surface area contributed by atoms with Gasteiger partial charge in [-0.3, -0.25) is 14.6 Å². The SMILES string of the molecule is Cc1cc(N2CC(C(=O)N(C)C(C)c3ccncc3)CC2=O)ccc1Br.